The number of hydrogen-bond donors (Lipinski definition) is 2. The van der Waals surface area contributed by atoms with E-state index in [2.05, 4.69) is 5.32 Å². The van der Waals surface area contributed by atoms with Crippen molar-refractivity contribution in [2.24, 2.45) is 5.14 Å². The Labute approximate surface area is 96.7 Å². The van der Waals surface area contributed by atoms with Crippen LogP contribution in [0.15, 0.2) is 12.1 Å². The summed E-state index contributed by atoms with van der Waals surface area (Å²) >= 11 is 0. The number of benzene rings is 1. The normalized spacial score (nSPS) is 11.8. The van der Waals surface area contributed by atoms with Crippen molar-refractivity contribution in [2.45, 2.75) is 6.54 Å². The Kier molecular flexibility index (Phi) is 4.49. The Morgan fingerprint density at radius 1 is 1.18 bits per heavy atom. The lowest BCUT2D eigenvalue weighted by Crippen LogP contribution is -2.26. The van der Waals surface area contributed by atoms with Crippen LogP contribution in [-0.2, 0) is 16.6 Å². The van der Waals surface area contributed by atoms with E-state index in [4.69, 9.17) is 5.14 Å². The molecule has 0 aliphatic heterocycles. The summed E-state index contributed by atoms with van der Waals surface area (Å²) in [7, 11) is -3.57. The topological polar surface area (TPSA) is 72.2 Å². The van der Waals surface area contributed by atoms with Crippen LogP contribution in [0.5, 0.6) is 0 Å². The monoisotopic (exact) mass is 268 g/mol. The molecule has 0 aromatic heterocycles. The second-order valence-electron chi connectivity index (χ2n) is 3.42. The molecule has 0 saturated carbocycles. The molecule has 17 heavy (non-hydrogen) atoms. The first-order chi connectivity index (χ1) is 7.79. The quantitative estimate of drug-likeness (QED) is 0.602. The second kappa shape index (κ2) is 5.48. The van der Waals surface area contributed by atoms with Crippen molar-refractivity contribution in [1.29, 1.82) is 0 Å². The van der Waals surface area contributed by atoms with Gasteiger partial charge in [0, 0.05) is 13.1 Å². The van der Waals surface area contributed by atoms with Crippen molar-refractivity contribution < 1.29 is 21.6 Å². The molecule has 0 heterocycles. The molecule has 4 nitrogen and oxygen atoms in total. The Hall–Kier alpha value is -1.12. The highest BCUT2D eigenvalue weighted by molar-refractivity contribution is 7.89. The van der Waals surface area contributed by atoms with Crippen LogP contribution >= 0.6 is 0 Å². The van der Waals surface area contributed by atoms with Crippen LogP contribution in [0.3, 0.4) is 0 Å². The fourth-order valence-electron chi connectivity index (χ4n) is 1.16. The van der Waals surface area contributed by atoms with Gasteiger partial charge in [-0.1, -0.05) is 0 Å². The number of halogens is 3. The van der Waals surface area contributed by atoms with E-state index in [0.717, 1.165) is 12.1 Å². The van der Waals surface area contributed by atoms with Gasteiger partial charge in [0.05, 0.1) is 5.75 Å². The summed E-state index contributed by atoms with van der Waals surface area (Å²) in [6.07, 6.45) is 0. The Bertz CT molecular complexity index is 482. The average Bonchev–Trinajstić information content (AvgIpc) is 2.19. The molecule has 1 rings (SSSR count). The molecule has 1 aromatic carbocycles. The summed E-state index contributed by atoms with van der Waals surface area (Å²) in [4.78, 5) is 0. The van der Waals surface area contributed by atoms with Crippen molar-refractivity contribution >= 4 is 10.0 Å². The van der Waals surface area contributed by atoms with E-state index in [0.29, 0.717) is 0 Å². The van der Waals surface area contributed by atoms with Crippen molar-refractivity contribution in [2.75, 3.05) is 12.3 Å². The molecule has 0 aliphatic rings. The van der Waals surface area contributed by atoms with Crippen LogP contribution in [0.1, 0.15) is 5.56 Å². The van der Waals surface area contributed by atoms with Crippen LogP contribution in [0.4, 0.5) is 13.2 Å². The van der Waals surface area contributed by atoms with Crippen molar-refractivity contribution in [3.63, 3.8) is 0 Å². The van der Waals surface area contributed by atoms with Crippen LogP contribution in [0.2, 0.25) is 0 Å². The molecular weight excluding hydrogens is 257 g/mol. The molecule has 0 unspecified atom stereocenters. The summed E-state index contributed by atoms with van der Waals surface area (Å²) in [5.41, 5.74) is 0.177. The van der Waals surface area contributed by atoms with E-state index in [9.17, 15) is 21.6 Å². The van der Waals surface area contributed by atoms with Gasteiger partial charge in [-0.15, -0.1) is 0 Å². The first-order valence-electron chi connectivity index (χ1n) is 4.64. The molecule has 1 aromatic rings. The molecular formula is C9H11F3N2O2S. The fourth-order valence-corrected chi connectivity index (χ4v) is 1.59. The SMILES string of the molecule is NS(=O)(=O)CCNCc1cc(F)c(F)c(F)c1. The summed E-state index contributed by atoms with van der Waals surface area (Å²) in [6, 6.07) is 1.67. The highest BCUT2D eigenvalue weighted by Crippen LogP contribution is 2.13. The lowest BCUT2D eigenvalue weighted by atomic mass is 10.2. The third-order valence-electron chi connectivity index (χ3n) is 1.94. The molecule has 96 valence electrons. The van der Waals surface area contributed by atoms with Crippen LogP contribution in [0.25, 0.3) is 0 Å². The molecule has 8 heteroatoms. The lowest BCUT2D eigenvalue weighted by Gasteiger charge is -2.05. The van der Waals surface area contributed by atoms with Gasteiger partial charge in [-0.3, -0.25) is 0 Å². The summed E-state index contributed by atoms with van der Waals surface area (Å²) in [6.45, 7) is 0.0586. The van der Waals surface area contributed by atoms with Crippen LogP contribution in [0, 0.1) is 17.5 Å². The Morgan fingerprint density at radius 3 is 2.18 bits per heavy atom. The molecule has 3 N–H and O–H groups in total. The maximum absolute atomic E-state index is 12.8. The van der Waals surface area contributed by atoms with Gasteiger partial charge in [0.15, 0.2) is 17.5 Å². The summed E-state index contributed by atoms with van der Waals surface area (Å²) in [5, 5.41) is 7.36. The molecule has 0 radical (unpaired) electrons. The number of nitrogens with two attached hydrogens (primary N) is 1. The van der Waals surface area contributed by atoms with E-state index < -0.39 is 27.5 Å². The first-order valence-corrected chi connectivity index (χ1v) is 6.36. The van der Waals surface area contributed by atoms with Gasteiger partial charge in [-0.2, -0.15) is 0 Å². The van der Waals surface area contributed by atoms with Gasteiger partial charge in [0.25, 0.3) is 0 Å². The van der Waals surface area contributed by atoms with Crippen molar-refractivity contribution in [3.8, 4) is 0 Å². The number of hydrogen-bond acceptors (Lipinski definition) is 3. The highest BCUT2D eigenvalue weighted by atomic mass is 32.2. The molecule has 0 saturated heterocycles. The minimum atomic E-state index is -3.57. The Balaban J connectivity index is 2.53. The summed E-state index contributed by atoms with van der Waals surface area (Å²) in [5.74, 6) is -4.39. The largest absolute Gasteiger partial charge is 0.312 e. The van der Waals surface area contributed by atoms with Gasteiger partial charge in [-0.25, -0.2) is 26.7 Å². The average molecular weight is 268 g/mol. The molecule has 0 aliphatic carbocycles. The van der Waals surface area contributed by atoms with Gasteiger partial charge in [0.1, 0.15) is 0 Å². The zero-order valence-electron chi connectivity index (χ0n) is 8.71. The number of rotatable bonds is 5. The van der Waals surface area contributed by atoms with Gasteiger partial charge in [-0.05, 0) is 17.7 Å². The van der Waals surface area contributed by atoms with Gasteiger partial charge in [0.2, 0.25) is 10.0 Å². The molecule has 0 bridgehead atoms. The molecule has 0 amide bonds. The highest BCUT2D eigenvalue weighted by Gasteiger charge is 2.10. The maximum Gasteiger partial charge on any atom is 0.210 e. The predicted octanol–water partition coefficient (Wildman–Crippen LogP) is 0.482. The van der Waals surface area contributed by atoms with Crippen LogP contribution in [-0.4, -0.2) is 20.7 Å². The third kappa shape index (κ3) is 4.72. The van der Waals surface area contributed by atoms with E-state index >= 15 is 0 Å². The van der Waals surface area contributed by atoms with E-state index in [1.807, 2.05) is 0 Å². The fraction of sp³-hybridized carbons (Fsp3) is 0.333. The zero-order valence-corrected chi connectivity index (χ0v) is 9.53. The second-order valence-corrected chi connectivity index (χ2v) is 5.15. The Morgan fingerprint density at radius 2 is 1.71 bits per heavy atom. The van der Waals surface area contributed by atoms with Crippen LogP contribution < -0.4 is 10.5 Å². The molecule has 0 spiro atoms. The maximum atomic E-state index is 12.8. The summed E-state index contributed by atoms with van der Waals surface area (Å²) < 4.78 is 59.3. The van der Waals surface area contributed by atoms with Crippen molar-refractivity contribution in [1.82, 2.24) is 5.32 Å². The van der Waals surface area contributed by atoms with E-state index in [-0.39, 0.29) is 24.4 Å². The lowest BCUT2D eigenvalue weighted by molar-refractivity contribution is 0.444. The van der Waals surface area contributed by atoms with Crippen molar-refractivity contribution in [3.05, 3.63) is 35.1 Å². The number of primary sulfonamides is 1. The number of nitrogens with one attached hydrogen (secondary N) is 1. The number of sulfonamides is 1. The van der Waals surface area contributed by atoms with Gasteiger partial charge < -0.3 is 5.32 Å². The standard InChI is InChI=1S/C9H11F3N2O2S/c10-7-3-6(4-8(11)9(7)12)5-14-1-2-17(13,15)16/h3-4,14H,1-2,5H2,(H2,13,15,16). The van der Waals surface area contributed by atoms with Gasteiger partial charge >= 0.3 is 0 Å². The predicted molar refractivity (Wildman–Crippen MR) is 56.0 cm³/mol. The minimum absolute atomic E-state index is 0.0175. The molecule has 0 fully saturated rings. The zero-order chi connectivity index (χ0) is 13.1. The molecule has 0 atom stereocenters. The first kappa shape index (κ1) is 13.9. The van der Waals surface area contributed by atoms with E-state index in [1.165, 1.54) is 0 Å². The van der Waals surface area contributed by atoms with E-state index in [1.54, 1.807) is 0 Å². The smallest absolute Gasteiger partial charge is 0.210 e. The minimum Gasteiger partial charge on any atom is -0.312 e. The third-order valence-corrected chi connectivity index (χ3v) is 2.71.